The maximum absolute atomic E-state index is 12.4. The molecule has 0 saturated heterocycles. The molecule has 4 rings (SSSR count). The molecule has 3 aromatic carbocycles. The molecule has 0 unspecified atom stereocenters. The number of carbonyl (C=O) groups is 1. The van der Waals surface area contributed by atoms with Gasteiger partial charge >= 0.3 is 0 Å². The summed E-state index contributed by atoms with van der Waals surface area (Å²) >= 11 is 3.53. The van der Waals surface area contributed by atoms with Gasteiger partial charge in [-0.2, -0.15) is 0 Å². The number of halogens is 1. The number of amides is 1. The third-order valence-electron chi connectivity index (χ3n) is 4.56. The van der Waals surface area contributed by atoms with Crippen molar-refractivity contribution in [1.82, 2.24) is 0 Å². The van der Waals surface area contributed by atoms with Gasteiger partial charge in [-0.3, -0.25) is 4.79 Å². The van der Waals surface area contributed by atoms with Crippen molar-refractivity contribution >= 4 is 38.3 Å². The van der Waals surface area contributed by atoms with E-state index < -0.39 is 0 Å². The van der Waals surface area contributed by atoms with Crippen LogP contribution in [0.5, 0.6) is 5.75 Å². The SMILES string of the molecule is COc1ccc(Br)cc1[C@H]1CC(=O)Nc2c1ccc1ccccc21. The summed E-state index contributed by atoms with van der Waals surface area (Å²) < 4.78 is 6.52. The number of anilines is 1. The molecule has 0 fully saturated rings. The Morgan fingerprint density at radius 1 is 1.08 bits per heavy atom. The van der Waals surface area contributed by atoms with Crippen molar-refractivity contribution in [3.8, 4) is 5.75 Å². The van der Waals surface area contributed by atoms with Crippen LogP contribution in [0.25, 0.3) is 10.8 Å². The van der Waals surface area contributed by atoms with Crippen LogP contribution in [0.2, 0.25) is 0 Å². The van der Waals surface area contributed by atoms with Crippen LogP contribution < -0.4 is 10.1 Å². The molecule has 0 saturated carbocycles. The Labute approximate surface area is 148 Å². The van der Waals surface area contributed by atoms with Crippen molar-refractivity contribution in [3.63, 3.8) is 0 Å². The normalized spacial score (nSPS) is 16.6. The van der Waals surface area contributed by atoms with Crippen LogP contribution >= 0.6 is 15.9 Å². The van der Waals surface area contributed by atoms with E-state index in [4.69, 9.17) is 4.74 Å². The summed E-state index contributed by atoms with van der Waals surface area (Å²) in [6.07, 6.45) is 0.415. The highest BCUT2D eigenvalue weighted by Gasteiger charge is 2.29. The third-order valence-corrected chi connectivity index (χ3v) is 5.05. The summed E-state index contributed by atoms with van der Waals surface area (Å²) in [7, 11) is 1.66. The van der Waals surface area contributed by atoms with E-state index in [1.807, 2.05) is 30.3 Å². The fourth-order valence-corrected chi connectivity index (χ4v) is 3.84. The van der Waals surface area contributed by atoms with Crippen LogP contribution in [-0.2, 0) is 4.79 Å². The van der Waals surface area contributed by atoms with Gasteiger partial charge in [0.25, 0.3) is 0 Å². The average molecular weight is 382 g/mol. The Balaban J connectivity index is 1.96. The van der Waals surface area contributed by atoms with Crippen LogP contribution in [-0.4, -0.2) is 13.0 Å². The minimum absolute atomic E-state index is 0.0224. The third kappa shape index (κ3) is 2.47. The fourth-order valence-electron chi connectivity index (χ4n) is 3.46. The van der Waals surface area contributed by atoms with Gasteiger partial charge in [0.1, 0.15) is 5.75 Å². The van der Waals surface area contributed by atoms with Gasteiger partial charge in [-0.1, -0.05) is 52.3 Å². The molecule has 1 heterocycles. The van der Waals surface area contributed by atoms with Crippen LogP contribution in [0.15, 0.2) is 59.1 Å². The lowest BCUT2D eigenvalue weighted by atomic mass is 9.83. The summed E-state index contributed by atoms with van der Waals surface area (Å²) in [4.78, 5) is 12.4. The quantitative estimate of drug-likeness (QED) is 0.671. The molecule has 1 amide bonds. The smallest absolute Gasteiger partial charge is 0.225 e. The predicted molar refractivity (Wildman–Crippen MR) is 99.7 cm³/mol. The van der Waals surface area contributed by atoms with Crippen LogP contribution in [0.1, 0.15) is 23.5 Å². The monoisotopic (exact) mass is 381 g/mol. The number of hydrogen-bond acceptors (Lipinski definition) is 2. The molecule has 0 aliphatic carbocycles. The number of hydrogen-bond donors (Lipinski definition) is 1. The summed E-state index contributed by atoms with van der Waals surface area (Å²) in [6, 6.07) is 18.3. The van der Waals surface area contributed by atoms with Crippen molar-refractivity contribution in [2.45, 2.75) is 12.3 Å². The lowest BCUT2D eigenvalue weighted by Gasteiger charge is -2.28. The van der Waals surface area contributed by atoms with Gasteiger partial charge < -0.3 is 10.1 Å². The first kappa shape index (κ1) is 15.2. The first-order valence-electron chi connectivity index (χ1n) is 7.82. The number of benzene rings is 3. The highest BCUT2D eigenvalue weighted by Crippen LogP contribution is 2.44. The maximum Gasteiger partial charge on any atom is 0.225 e. The summed E-state index contributed by atoms with van der Waals surface area (Å²) in [6.45, 7) is 0. The largest absolute Gasteiger partial charge is 0.496 e. The van der Waals surface area contributed by atoms with E-state index in [1.165, 1.54) is 0 Å². The Hall–Kier alpha value is -2.33. The van der Waals surface area contributed by atoms with Crippen LogP contribution in [0.3, 0.4) is 0 Å². The molecule has 1 N–H and O–H groups in total. The standard InChI is InChI=1S/C20H16BrNO2/c1-24-18-9-7-13(21)10-17(18)16-11-19(23)22-20-14-5-3-2-4-12(14)6-8-15(16)20/h2-10,16H,11H2,1H3,(H,22,23)/t16-/m0/s1. The lowest BCUT2D eigenvalue weighted by molar-refractivity contribution is -0.116. The van der Waals surface area contributed by atoms with Crippen molar-refractivity contribution in [3.05, 3.63) is 70.2 Å². The second kappa shape index (κ2) is 5.95. The zero-order valence-corrected chi connectivity index (χ0v) is 14.8. The molecule has 0 radical (unpaired) electrons. The minimum Gasteiger partial charge on any atom is -0.496 e. The van der Waals surface area contributed by atoms with Crippen molar-refractivity contribution in [1.29, 1.82) is 0 Å². The first-order valence-corrected chi connectivity index (χ1v) is 8.61. The Morgan fingerprint density at radius 3 is 2.75 bits per heavy atom. The van der Waals surface area contributed by atoms with E-state index in [0.717, 1.165) is 37.8 Å². The van der Waals surface area contributed by atoms with Crippen molar-refractivity contribution in [2.24, 2.45) is 0 Å². The van der Waals surface area contributed by atoms with Crippen molar-refractivity contribution in [2.75, 3.05) is 12.4 Å². The molecule has 3 aromatic rings. The maximum atomic E-state index is 12.4. The predicted octanol–water partition coefficient (Wildman–Crippen LogP) is 5.09. The van der Waals surface area contributed by atoms with Gasteiger partial charge in [0, 0.05) is 27.8 Å². The lowest BCUT2D eigenvalue weighted by Crippen LogP contribution is -2.24. The zero-order valence-electron chi connectivity index (χ0n) is 13.2. The highest BCUT2D eigenvalue weighted by atomic mass is 79.9. The van der Waals surface area contributed by atoms with Gasteiger partial charge in [0.15, 0.2) is 0 Å². The first-order chi connectivity index (χ1) is 11.7. The van der Waals surface area contributed by atoms with Gasteiger partial charge in [-0.25, -0.2) is 0 Å². The molecule has 4 heteroatoms. The molecular formula is C20H16BrNO2. The van der Waals surface area contributed by atoms with E-state index in [9.17, 15) is 4.79 Å². The molecule has 1 aliphatic rings. The van der Waals surface area contributed by atoms with E-state index >= 15 is 0 Å². The van der Waals surface area contributed by atoms with E-state index in [0.29, 0.717) is 6.42 Å². The Morgan fingerprint density at radius 2 is 1.92 bits per heavy atom. The number of carbonyl (C=O) groups excluding carboxylic acids is 1. The molecule has 3 nitrogen and oxygen atoms in total. The number of ether oxygens (including phenoxy) is 1. The van der Waals surface area contributed by atoms with Crippen LogP contribution in [0.4, 0.5) is 5.69 Å². The Kier molecular flexibility index (Phi) is 3.77. The van der Waals surface area contributed by atoms with Gasteiger partial charge in [-0.05, 0) is 29.1 Å². The molecule has 0 bridgehead atoms. The summed E-state index contributed by atoms with van der Waals surface area (Å²) in [5.74, 6) is 0.814. The van der Waals surface area contributed by atoms with E-state index in [-0.39, 0.29) is 11.8 Å². The Bertz CT molecular complexity index is 952. The zero-order chi connectivity index (χ0) is 16.7. The molecule has 0 aromatic heterocycles. The molecule has 120 valence electrons. The van der Waals surface area contributed by atoms with Gasteiger partial charge in [0.05, 0.1) is 12.8 Å². The number of methoxy groups -OCH3 is 1. The molecule has 0 spiro atoms. The van der Waals surface area contributed by atoms with Gasteiger partial charge in [-0.15, -0.1) is 0 Å². The van der Waals surface area contributed by atoms with E-state index in [2.05, 4.69) is 45.5 Å². The second-order valence-corrected chi connectivity index (χ2v) is 6.86. The molecule has 1 atom stereocenters. The van der Waals surface area contributed by atoms with Gasteiger partial charge in [0.2, 0.25) is 5.91 Å². The molecular weight excluding hydrogens is 366 g/mol. The topological polar surface area (TPSA) is 38.3 Å². The fraction of sp³-hybridized carbons (Fsp3) is 0.150. The molecule has 1 aliphatic heterocycles. The number of rotatable bonds is 2. The summed E-state index contributed by atoms with van der Waals surface area (Å²) in [5.41, 5.74) is 3.07. The van der Waals surface area contributed by atoms with E-state index in [1.54, 1.807) is 7.11 Å². The highest BCUT2D eigenvalue weighted by molar-refractivity contribution is 9.10. The average Bonchev–Trinajstić information content (AvgIpc) is 2.61. The molecule has 24 heavy (non-hydrogen) atoms. The summed E-state index contributed by atoms with van der Waals surface area (Å²) in [5, 5.41) is 5.26. The number of nitrogens with one attached hydrogen (secondary N) is 1. The van der Waals surface area contributed by atoms with Crippen molar-refractivity contribution < 1.29 is 9.53 Å². The minimum atomic E-state index is -0.0224. The second-order valence-electron chi connectivity index (χ2n) is 5.94. The number of fused-ring (bicyclic) bond motifs is 3. The van der Waals surface area contributed by atoms with Crippen LogP contribution in [0, 0.1) is 0 Å².